The molecule has 0 amide bonds. The summed E-state index contributed by atoms with van der Waals surface area (Å²) in [6.07, 6.45) is 1.80. The van der Waals surface area contributed by atoms with Gasteiger partial charge in [-0.15, -0.1) is 0 Å². The van der Waals surface area contributed by atoms with Crippen molar-refractivity contribution >= 4 is 0 Å². The van der Waals surface area contributed by atoms with Crippen LogP contribution in [0.4, 0.5) is 0 Å². The Kier molecular flexibility index (Phi) is 7.87. The van der Waals surface area contributed by atoms with Crippen molar-refractivity contribution in [3.63, 3.8) is 0 Å². The van der Waals surface area contributed by atoms with Crippen LogP contribution in [0.2, 0.25) is 0 Å². The summed E-state index contributed by atoms with van der Waals surface area (Å²) in [5, 5.41) is 0. The molecule has 3 aromatic carbocycles. The summed E-state index contributed by atoms with van der Waals surface area (Å²) in [5.41, 5.74) is 4.73. The molecule has 0 spiro atoms. The molecule has 32 heavy (non-hydrogen) atoms. The highest BCUT2D eigenvalue weighted by atomic mass is 16.5. The smallest absolute Gasteiger partial charge is 0.203 e. The Morgan fingerprint density at radius 2 is 1.22 bits per heavy atom. The lowest BCUT2D eigenvalue weighted by molar-refractivity contribution is 0.323. The zero-order valence-corrected chi connectivity index (χ0v) is 19.7. The van der Waals surface area contributed by atoms with Gasteiger partial charge in [0.25, 0.3) is 0 Å². The Bertz CT molecular complexity index is 1000. The minimum Gasteiger partial charge on any atom is -0.497 e. The van der Waals surface area contributed by atoms with Crippen molar-refractivity contribution in [1.29, 1.82) is 0 Å². The fourth-order valence-electron chi connectivity index (χ4n) is 3.88. The van der Waals surface area contributed by atoms with E-state index in [1.54, 1.807) is 35.5 Å². The van der Waals surface area contributed by atoms with Crippen LogP contribution in [0.5, 0.6) is 28.7 Å². The fourth-order valence-corrected chi connectivity index (χ4v) is 3.88. The van der Waals surface area contributed by atoms with E-state index in [0.717, 1.165) is 29.9 Å². The number of rotatable bonds is 10. The molecule has 1 unspecified atom stereocenters. The first-order valence-corrected chi connectivity index (χ1v) is 10.6. The number of ether oxygens (including phenoxy) is 5. The lowest BCUT2D eigenvalue weighted by Gasteiger charge is -2.19. The van der Waals surface area contributed by atoms with Gasteiger partial charge in [0.1, 0.15) is 11.5 Å². The normalized spacial score (nSPS) is 11.6. The minimum absolute atomic E-state index is 0.134. The maximum atomic E-state index is 5.64. The van der Waals surface area contributed by atoms with E-state index in [0.29, 0.717) is 17.2 Å². The minimum atomic E-state index is 0.134. The fraction of sp³-hybridized carbons (Fsp3) is 0.333. The van der Waals surface area contributed by atoms with Crippen molar-refractivity contribution < 1.29 is 23.7 Å². The Balaban J connectivity index is 1.88. The SMILES string of the molecule is COc1ccc(CCc2cc(C(C)c3cc(OC)c(OC)c(OC)c3)ccc2OC)cc1. The van der Waals surface area contributed by atoms with Crippen LogP contribution in [-0.4, -0.2) is 35.5 Å². The van der Waals surface area contributed by atoms with Gasteiger partial charge in [-0.25, -0.2) is 0 Å². The van der Waals surface area contributed by atoms with Crippen molar-refractivity contribution in [2.75, 3.05) is 35.5 Å². The zero-order valence-electron chi connectivity index (χ0n) is 19.7. The lowest BCUT2D eigenvalue weighted by Crippen LogP contribution is -2.03. The summed E-state index contributed by atoms with van der Waals surface area (Å²) in [6.45, 7) is 2.18. The summed E-state index contributed by atoms with van der Waals surface area (Å²) in [5.74, 6) is 3.81. The highest BCUT2D eigenvalue weighted by Gasteiger charge is 2.18. The molecular formula is C27H32O5. The second kappa shape index (κ2) is 10.8. The van der Waals surface area contributed by atoms with Crippen molar-refractivity contribution in [3.8, 4) is 28.7 Å². The van der Waals surface area contributed by atoms with Crippen LogP contribution >= 0.6 is 0 Å². The molecule has 0 heterocycles. The van der Waals surface area contributed by atoms with Crippen molar-refractivity contribution in [1.82, 2.24) is 0 Å². The summed E-state index contributed by atoms with van der Waals surface area (Å²) < 4.78 is 27.4. The van der Waals surface area contributed by atoms with Gasteiger partial charge in [-0.3, -0.25) is 0 Å². The van der Waals surface area contributed by atoms with E-state index in [2.05, 4.69) is 31.2 Å². The number of methoxy groups -OCH3 is 5. The van der Waals surface area contributed by atoms with Gasteiger partial charge in [-0.05, 0) is 65.4 Å². The van der Waals surface area contributed by atoms with E-state index in [1.165, 1.54) is 16.7 Å². The maximum absolute atomic E-state index is 5.64. The lowest BCUT2D eigenvalue weighted by atomic mass is 9.90. The van der Waals surface area contributed by atoms with E-state index in [-0.39, 0.29) is 5.92 Å². The predicted molar refractivity (Wildman–Crippen MR) is 127 cm³/mol. The van der Waals surface area contributed by atoms with Crippen LogP contribution < -0.4 is 23.7 Å². The largest absolute Gasteiger partial charge is 0.497 e. The summed E-state index contributed by atoms with van der Waals surface area (Å²) >= 11 is 0. The van der Waals surface area contributed by atoms with Gasteiger partial charge in [-0.2, -0.15) is 0 Å². The van der Waals surface area contributed by atoms with E-state index in [1.807, 2.05) is 30.3 Å². The molecule has 3 rings (SSSR count). The molecule has 0 saturated carbocycles. The molecule has 0 aliphatic carbocycles. The average Bonchev–Trinajstić information content (AvgIpc) is 2.86. The van der Waals surface area contributed by atoms with Gasteiger partial charge in [0, 0.05) is 5.92 Å². The van der Waals surface area contributed by atoms with Gasteiger partial charge in [-0.1, -0.05) is 31.2 Å². The third-order valence-corrected chi connectivity index (χ3v) is 5.83. The van der Waals surface area contributed by atoms with Crippen LogP contribution in [0.25, 0.3) is 0 Å². The summed E-state index contributed by atoms with van der Waals surface area (Å²) in [6, 6.07) is 18.6. The number of aryl methyl sites for hydroxylation is 2. The van der Waals surface area contributed by atoms with Crippen LogP contribution in [0.15, 0.2) is 54.6 Å². The van der Waals surface area contributed by atoms with Crippen LogP contribution in [0, 0.1) is 0 Å². The molecule has 0 fully saturated rings. The molecule has 0 saturated heterocycles. The van der Waals surface area contributed by atoms with Crippen LogP contribution in [0.1, 0.15) is 35.1 Å². The molecule has 0 N–H and O–H groups in total. The zero-order chi connectivity index (χ0) is 23.1. The number of benzene rings is 3. The molecule has 5 nitrogen and oxygen atoms in total. The maximum Gasteiger partial charge on any atom is 0.203 e. The van der Waals surface area contributed by atoms with Gasteiger partial charge < -0.3 is 23.7 Å². The third kappa shape index (κ3) is 5.10. The molecule has 0 aliphatic rings. The quantitative estimate of drug-likeness (QED) is 0.410. The molecule has 1 atom stereocenters. The second-order valence-corrected chi connectivity index (χ2v) is 7.60. The Hall–Kier alpha value is -3.34. The van der Waals surface area contributed by atoms with Gasteiger partial charge >= 0.3 is 0 Å². The van der Waals surface area contributed by atoms with Crippen molar-refractivity contribution in [3.05, 3.63) is 76.9 Å². The highest BCUT2D eigenvalue weighted by Crippen LogP contribution is 2.41. The average molecular weight is 437 g/mol. The van der Waals surface area contributed by atoms with Crippen molar-refractivity contribution in [2.45, 2.75) is 25.7 Å². The molecule has 0 radical (unpaired) electrons. The van der Waals surface area contributed by atoms with Gasteiger partial charge in [0.2, 0.25) is 5.75 Å². The Morgan fingerprint density at radius 1 is 0.594 bits per heavy atom. The molecule has 0 aromatic heterocycles. The summed E-state index contributed by atoms with van der Waals surface area (Å²) in [4.78, 5) is 0. The standard InChI is InChI=1S/C27H32O5/c1-18(22-16-25(30-4)27(32-6)26(17-22)31-5)20-11-14-24(29-3)21(15-20)10-7-19-8-12-23(28-2)13-9-19/h8-9,11-18H,7,10H2,1-6H3. The van der Waals surface area contributed by atoms with Crippen molar-refractivity contribution in [2.24, 2.45) is 0 Å². The van der Waals surface area contributed by atoms with Crippen LogP contribution in [-0.2, 0) is 12.8 Å². The molecule has 3 aromatic rings. The van der Waals surface area contributed by atoms with Gasteiger partial charge in [0.15, 0.2) is 11.5 Å². The second-order valence-electron chi connectivity index (χ2n) is 7.60. The Labute approximate surface area is 190 Å². The summed E-state index contributed by atoms with van der Waals surface area (Å²) in [7, 11) is 8.28. The third-order valence-electron chi connectivity index (χ3n) is 5.83. The Morgan fingerprint density at radius 3 is 1.75 bits per heavy atom. The van der Waals surface area contributed by atoms with E-state index in [9.17, 15) is 0 Å². The van der Waals surface area contributed by atoms with E-state index >= 15 is 0 Å². The highest BCUT2D eigenvalue weighted by molar-refractivity contribution is 5.56. The molecule has 0 bridgehead atoms. The monoisotopic (exact) mass is 436 g/mol. The van der Waals surface area contributed by atoms with E-state index in [4.69, 9.17) is 23.7 Å². The van der Waals surface area contributed by atoms with Crippen LogP contribution in [0.3, 0.4) is 0 Å². The predicted octanol–water partition coefficient (Wildman–Crippen LogP) is 5.67. The first kappa shape index (κ1) is 23.3. The number of hydrogen-bond acceptors (Lipinski definition) is 5. The molecule has 5 heteroatoms. The van der Waals surface area contributed by atoms with E-state index < -0.39 is 0 Å². The molecule has 170 valence electrons. The first-order chi connectivity index (χ1) is 15.5. The molecule has 0 aliphatic heterocycles. The topological polar surface area (TPSA) is 46.2 Å². The molecular weight excluding hydrogens is 404 g/mol. The number of hydrogen-bond donors (Lipinski definition) is 0. The van der Waals surface area contributed by atoms with Gasteiger partial charge in [0.05, 0.1) is 35.5 Å². The first-order valence-electron chi connectivity index (χ1n) is 10.6.